The highest BCUT2D eigenvalue weighted by Crippen LogP contribution is 2.18. The fourth-order valence-electron chi connectivity index (χ4n) is 3.03. The summed E-state index contributed by atoms with van der Waals surface area (Å²) in [7, 11) is 4.00. The molecule has 1 heterocycles. The van der Waals surface area contributed by atoms with Crippen LogP contribution in [0, 0.1) is 11.7 Å². The third-order valence-corrected chi connectivity index (χ3v) is 5.80. The number of guanidine groups is 1. The van der Waals surface area contributed by atoms with Crippen LogP contribution in [0.2, 0.25) is 0 Å². The Bertz CT molecular complexity index is 558. The molecule has 152 valence electrons. The van der Waals surface area contributed by atoms with E-state index in [-0.39, 0.29) is 5.82 Å². The molecule has 1 aromatic carbocycles. The number of benzene rings is 1. The smallest absolute Gasteiger partial charge is 0.190 e. The van der Waals surface area contributed by atoms with Gasteiger partial charge in [0.1, 0.15) is 5.82 Å². The van der Waals surface area contributed by atoms with E-state index in [1.165, 1.54) is 38.3 Å². The van der Waals surface area contributed by atoms with Gasteiger partial charge < -0.3 is 20.4 Å². The maximum absolute atomic E-state index is 12.9. The van der Waals surface area contributed by atoms with Crippen LogP contribution in [0.4, 0.5) is 4.39 Å². The molecule has 0 aliphatic carbocycles. The van der Waals surface area contributed by atoms with Crippen LogP contribution in [-0.4, -0.2) is 81.4 Å². The van der Waals surface area contributed by atoms with E-state index >= 15 is 0 Å². The van der Waals surface area contributed by atoms with Crippen LogP contribution in [0.25, 0.3) is 0 Å². The van der Waals surface area contributed by atoms with Gasteiger partial charge in [-0.3, -0.25) is 4.99 Å². The number of piperazine rings is 1. The Kier molecular flexibility index (Phi) is 9.94. The van der Waals surface area contributed by atoms with Gasteiger partial charge in [-0.15, -0.1) is 11.8 Å². The molecule has 2 rings (SSSR count). The third-order valence-electron chi connectivity index (χ3n) is 4.70. The van der Waals surface area contributed by atoms with E-state index in [0.717, 1.165) is 42.7 Å². The zero-order chi connectivity index (χ0) is 19.5. The first kappa shape index (κ1) is 22.0. The van der Waals surface area contributed by atoms with Gasteiger partial charge in [-0.1, -0.05) is 6.92 Å². The van der Waals surface area contributed by atoms with Crippen LogP contribution in [0.5, 0.6) is 0 Å². The first-order chi connectivity index (χ1) is 13.1. The zero-order valence-corrected chi connectivity index (χ0v) is 17.7. The number of halogens is 1. The molecule has 1 atom stereocenters. The summed E-state index contributed by atoms with van der Waals surface area (Å²) in [6.07, 6.45) is 1.03. The van der Waals surface area contributed by atoms with Gasteiger partial charge in [0.2, 0.25) is 0 Å². The topological polar surface area (TPSA) is 42.9 Å². The first-order valence-corrected chi connectivity index (χ1v) is 10.8. The number of nitrogens with one attached hydrogen (secondary N) is 2. The summed E-state index contributed by atoms with van der Waals surface area (Å²) in [5.74, 6) is 2.26. The van der Waals surface area contributed by atoms with Gasteiger partial charge in [0.25, 0.3) is 0 Å². The highest BCUT2D eigenvalue weighted by molar-refractivity contribution is 7.99. The van der Waals surface area contributed by atoms with E-state index in [1.54, 1.807) is 11.8 Å². The Hall–Kier alpha value is -1.31. The van der Waals surface area contributed by atoms with Crippen LogP contribution < -0.4 is 10.6 Å². The van der Waals surface area contributed by atoms with Crippen molar-refractivity contribution in [1.29, 1.82) is 0 Å². The second kappa shape index (κ2) is 12.2. The van der Waals surface area contributed by atoms with Gasteiger partial charge >= 0.3 is 0 Å². The quantitative estimate of drug-likeness (QED) is 0.291. The summed E-state index contributed by atoms with van der Waals surface area (Å²) in [6, 6.07) is 6.68. The minimum atomic E-state index is -0.183. The average molecular weight is 396 g/mol. The Balaban J connectivity index is 1.55. The van der Waals surface area contributed by atoms with Crippen molar-refractivity contribution in [2.24, 2.45) is 10.9 Å². The van der Waals surface area contributed by atoms with Crippen molar-refractivity contribution in [3.8, 4) is 0 Å². The summed E-state index contributed by atoms with van der Waals surface area (Å²) in [5.41, 5.74) is 0. The molecule has 2 N–H and O–H groups in total. The molecular weight excluding hydrogens is 361 g/mol. The number of rotatable bonds is 9. The zero-order valence-electron chi connectivity index (χ0n) is 16.9. The maximum atomic E-state index is 12.9. The predicted molar refractivity (Wildman–Crippen MR) is 114 cm³/mol. The molecule has 0 radical (unpaired) electrons. The van der Waals surface area contributed by atoms with Crippen molar-refractivity contribution in [2.45, 2.75) is 18.2 Å². The van der Waals surface area contributed by atoms with Crippen LogP contribution in [0.1, 0.15) is 13.3 Å². The first-order valence-electron chi connectivity index (χ1n) is 9.80. The number of nitrogens with zero attached hydrogens (tertiary/aromatic N) is 3. The normalized spacial score (nSPS) is 17.7. The Morgan fingerprint density at radius 3 is 2.56 bits per heavy atom. The molecule has 0 amide bonds. The molecule has 0 saturated carbocycles. The molecule has 0 spiro atoms. The average Bonchev–Trinajstić information content (AvgIpc) is 2.67. The van der Waals surface area contributed by atoms with E-state index in [1.807, 2.05) is 19.2 Å². The van der Waals surface area contributed by atoms with Crippen molar-refractivity contribution < 1.29 is 4.39 Å². The minimum Gasteiger partial charge on any atom is -0.356 e. The highest BCUT2D eigenvalue weighted by atomic mass is 32.2. The second-order valence-electron chi connectivity index (χ2n) is 7.24. The summed E-state index contributed by atoms with van der Waals surface area (Å²) >= 11 is 1.75. The Morgan fingerprint density at radius 2 is 1.89 bits per heavy atom. The van der Waals surface area contributed by atoms with Gasteiger partial charge in [-0.2, -0.15) is 0 Å². The van der Waals surface area contributed by atoms with E-state index < -0.39 is 0 Å². The summed E-state index contributed by atoms with van der Waals surface area (Å²) < 4.78 is 12.9. The molecule has 7 heteroatoms. The monoisotopic (exact) mass is 395 g/mol. The largest absolute Gasteiger partial charge is 0.356 e. The molecule has 5 nitrogen and oxygen atoms in total. The van der Waals surface area contributed by atoms with E-state index in [0.29, 0.717) is 5.92 Å². The van der Waals surface area contributed by atoms with Crippen molar-refractivity contribution in [3.63, 3.8) is 0 Å². The minimum absolute atomic E-state index is 0.183. The van der Waals surface area contributed by atoms with E-state index in [9.17, 15) is 4.39 Å². The molecule has 1 fully saturated rings. The van der Waals surface area contributed by atoms with Gasteiger partial charge in [-0.05, 0) is 49.4 Å². The molecule has 27 heavy (non-hydrogen) atoms. The standard InChI is InChI=1S/C20H34FN5S/c1-17(16-26-12-10-25(3)11-13-26)15-24-20(22-2)23-9-4-14-27-19-7-5-18(21)6-8-19/h5-8,17H,4,9-16H2,1-3H3,(H2,22,23,24). The van der Waals surface area contributed by atoms with Gasteiger partial charge in [0.05, 0.1) is 0 Å². The van der Waals surface area contributed by atoms with E-state index in [2.05, 4.69) is 39.4 Å². The van der Waals surface area contributed by atoms with Gasteiger partial charge in [-0.25, -0.2) is 4.39 Å². The summed E-state index contributed by atoms with van der Waals surface area (Å²) in [6.45, 7) is 9.89. The van der Waals surface area contributed by atoms with Crippen molar-refractivity contribution in [3.05, 3.63) is 30.1 Å². The molecule has 1 aromatic rings. The number of aliphatic imine (C=N–C) groups is 1. The fourth-order valence-corrected chi connectivity index (χ4v) is 3.88. The van der Waals surface area contributed by atoms with Gasteiger partial charge in [0, 0.05) is 57.8 Å². The number of hydrogen-bond donors (Lipinski definition) is 2. The lowest BCUT2D eigenvalue weighted by Gasteiger charge is -2.34. The van der Waals surface area contributed by atoms with Crippen molar-refractivity contribution in [2.75, 3.05) is 65.7 Å². The maximum Gasteiger partial charge on any atom is 0.190 e. The van der Waals surface area contributed by atoms with Crippen LogP contribution in [0.3, 0.4) is 0 Å². The lowest BCUT2D eigenvalue weighted by atomic mass is 10.1. The number of hydrogen-bond acceptors (Lipinski definition) is 4. The van der Waals surface area contributed by atoms with Crippen LogP contribution in [-0.2, 0) is 0 Å². The predicted octanol–water partition coefficient (Wildman–Crippen LogP) is 2.36. The molecule has 0 bridgehead atoms. The van der Waals surface area contributed by atoms with Crippen molar-refractivity contribution in [1.82, 2.24) is 20.4 Å². The SMILES string of the molecule is CN=C(NCCCSc1ccc(F)cc1)NCC(C)CN1CCN(C)CC1. The van der Waals surface area contributed by atoms with Gasteiger partial charge in [0.15, 0.2) is 5.96 Å². The fraction of sp³-hybridized carbons (Fsp3) is 0.650. The number of likely N-dealkylation sites (N-methyl/N-ethyl adjacent to an activating group) is 1. The molecule has 0 aromatic heterocycles. The lowest BCUT2D eigenvalue weighted by Crippen LogP contribution is -2.47. The highest BCUT2D eigenvalue weighted by Gasteiger charge is 2.16. The molecule has 1 aliphatic heterocycles. The summed E-state index contributed by atoms with van der Waals surface area (Å²) in [5, 5.41) is 6.81. The van der Waals surface area contributed by atoms with Crippen LogP contribution >= 0.6 is 11.8 Å². The van der Waals surface area contributed by atoms with Crippen LogP contribution in [0.15, 0.2) is 34.2 Å². The van der Waals surface area contributed by atoms with E-state index in [4.69, 9.17) is 0 Å². The third kappa shape index (κ3) is 8.95. The molecule has 1 saturated heterocycles. The molecule has 1 unspecified atom stereocenters. The Morgan fingerprint density at radius 1 is 1.19 bits per heavy atom. The molecule has 1 aliphatic rings. The number of thioether (sulfide) groups is 1. The molecular formula is C20H34FN5S. The summed E-state index contributed by atoms with van der Waals surface area (Å²) in [4.78, 5) is 10.4. The Labute approximate surface area is 167 Å². The second-order valence-corrected chi connectivity index (χ2v) is 8.41. The lowest BCUT2D eigenvalue weighted by molar-refractivity contribution is 0.139. The van der Waals surface area contributed by atoms with Crippen molar-refractivity contribution >= 4 is 17.7 Å².